The van der Waals surface area contributed by atoms with E-state index in [0.717, 1.165) is 0 Å². The summed E-state index contributed by atoms with van der Waals surface area (Å²) in [6.07, 6.45) is -0.319. The Kier molecular flexibility index (Phi) is 6.97. The van der Waals surface area contributed by atoms with Gasteiger partial charge in [0.15, 0.2) is 5.72 Å². The summed E-state index contributed by atoms with van der Waals surface area (Å²) < 4.78 is 11.1. The Hall–Kier alpha value is -2.51. The monoisotopic (exact) mass is 479 g/mol. The van der Waals surface area contributed by atoms with E-state index in [9.17, 15) is 14.4 Å². The molecule has 1 aliphatic carbocycles. The lowest BCUT2D eigenvalue weighted by Crippen LogP contribution is -2.55. The molecule has 4 aliphatic rings. The van der Waals surface area contributed by atoms with Crippen molar-refractivity contribution in [1.82, 2.24) is 20.4 Å². The second kappa shape index (κ2) is 9.62. The van der Waals surface area contributed by atoms with Crippen molar-refractivity contribution in [3.8, 4) is 0 Å². The van der Waals surface area contributed by atoms with Crippen molar-refractivity contribution in [3.05, 3.63) is 22.5 Å². The lowest BCUT2D eigenvalue weighted by Gasteiger charge is -2.39. The van der Waals surface area contributed by atoms with Crippen LogP contribution in [-0.4, -0.2) is 115 Å². The zero-order chi connectivity index (χ0) is 24.6. The van der Waals surface area contributed by atoms with Crippen molar-refractivity contribution in [3.63, 3.8) is 0 Å². The summed E-state index contributed by atoms with van der Waals surface area (Å²) in [5.41, 5.74) is 5.38. The predicted octanol–water partition coefficient (Wildman–Crippen LogP) is -2.34. The van der Waals surface area contributed by atoms with E-state index in [4.69, 9.17) is 25.4 Å². The van der Waals surface area contributed by atoms with Crippen LogP contribution in [0.4, 0.5) is 4.79 Å². The number of piperazine rings is 1. The average molecular weight is 480 g/mol. The summed E-state index contributed by atoms with van der Waals surface area (Å²) in [5, 5.41) is 24.8. The zero-order valence-electron chi connectivity index (χ0n) is 19.5. The SMILES string of the molecule is CO[C@@]12C(COC(N)=O)C3=C(C(=O)C(C)=C(NCCCN(CCO)CCO)C3=O)N1CC1NC12. The standard InChI is InChI=1S/C22H33N5O7/c1-12-16(24-4-3-5-26(6-8-28)7-9-29)19(31)15-13(11-34-21(23)32)22(33-2)20-14(25-20)10-27(22)17(15)18(12)30/h13-14,20,24-25,28-29H,3-11H2,1-2H3,(H2,23,32)/t13?,14?,20?,22-/m1/s1. The van der Waals surface area contributed by atoms with Crippen molar-refractivity contribution < 1.29 is 34.1 Å². The first kappa shape index (κ1) is 24.6. The van der Waals surface area contributed by atoms with Gasteiger partial charge in [0.25, 0.3) is 0 Å². The van der Waals surface area contributed by atoms with Gasteiger partial charge in [0.1, 0.15) is 6.61 Å². The van der Waals surface area contributed by atoms with E-state index in [0.29, 0.717) is 50.4 Å². The molecule has 3 heterocycles. The lowest BCUT2D eigenvalue weighted by molar-refractivity contribution is -0.137. The quantitative estimate of drug-likeness (QED) is 0.115. The number of hydrogen-bond donors (Lipinski definition) is 5. The number of hydrogen-bond acceptors (Lipinski definition) is 11. The molecule has 2 fully saturated rings. The van der Waals surface area contributed by atoms with Gasteiger partial charge < -0.3 is 41.0 Å². The number of ketones is 2. The molecule has 3 unspecified atom stereocenters. The van der Waals surface area contributed by atoms with E-state index in [1.807, 2.05) is 9.80 Å². The summed E-state index contributed by atoms with van der Waals surface area (Å²) in [6.45, 7) is 3.89. The molecule has 34 heavy (non-hydrogen) atoms. The zero-order valence-corrected chi connectivity index (χ0v) is 19.5. The van der Waals surface area contributed by atoms with Crippen molar-refractivity contribution in [2.75, 3.05) is 59.7 Å². The van der Waals surface area contributed by atoms with E-state index in [1.54, 1.807) is 6.92 Å². The molecule has 0 aromatic carbocycles. The maximum absolute atomic E-state index is 13.7. The van der Waals surface area contributed by atoms with Crippen LogP contribution in [0.5, 0.6) is 0 Å². The van der Waals surface area contributed by atoms with Crippen molar-refractivity contribution >= 4 is 17.7 Å². The van der Waals surface area contributed by atoms with Crippen LogP contribution in [0.1, 0.15) is 13.3 Å². The number of aliphatic hydroxyl groups is 2. The van der Waals surface area contributed by atoms with Crippen LogP contribution in [-0.2, 0) is 19.1 Å². The molecule has 0 saturated carbocycles. The minimum Gasteiger partial charge on any atom is -0.449 e. The Balaban J connectivity index is 1.53. The van der Waals surface area contributed by atoms with Crippen molar-refractivity contribution in [2.45, 2.75) is 31.2 Å². The minimum atomic E-state index is -0.999. The van der Waals surface area contributed by atoms with Crippen LogP contribution < -0.4 is 16.4 Å². The maximum atomic E-state index is 13.7. The van der Waals surface area contributed by atoms with Gasteiger partial charge in [-0.3, -0.25) is 14.5 Å². The Bertz CT molecular complexity index is 929. The molecule has 188 valence electrons. The molecular weight excluding hydrogens is 446 g/mol. The van der Waals surface area contributed by atoms with Crippen LogP contribution in [0.2, 0.25) is 0 Å². The number of aliphatic hydroxyl groups excluding tert-OH is 2. The fourth-order valence-corrected chi connectivity index (χ4v) is 5.64. The number of ether oxygens (including phenoxy) is 2. The second-order valence-electron chi connectivity index (χ2n) is 8.99. The largest absolute Gasteiger partial charge is 0.449 e. The van der Waals surface area contributed by atoms with E-state index < -0.39 is 17.7 Å². The molecule has 12 heteroatoms. The Morgan fingerprint density at radius 3 is 2.59 bits per heavy atom. The molecule has 0 radical (unpaired) electrons. The fourth-order valence-electron chi connectivity index (χ4n) is 5.64. The van der Waals surface area contributed by atoms with Gasteiger partial charge in [-0.15, -0.1) is 0 Å². The number of carbonyl (C=O) groups is 3. The molecule has 4 atom stereocenters. The number of methoxy groups -OCH3 is 1. The number of fused-ring (bicyclic) bond motifs is 4. The topological polar surface area (TPSA) is 177 Å². The van der Waals surface area contributed by atoms with E-state index in [-0.39, 0.29) is 54.7 Å². The lowest BCUT2D eigenvalue weighted by atomic mass is 9.82. The smallest absolute Gasteiger partial charge is 0.404 e. The van der Waals surface area contributed by atoms with E-state index in [1.165, 1.54) is 7.11 Å². The van der Waals surface area contributed by atoms with Gasteiger partial charge in [0.05, 0.1) is 36.6 Å². The Morgan fingerprint density at radius 1 is 1.26 bits per heavy atom. The number of allylic oxidation sites excluding steroid dienone is 2. The van der Waals surface area contributed by atoms with Crippen LogP contribution in [0.3, 0.4) is 0 Å². The number of carbonyl (C=O) groups excluding carboxylic acids is 3. The summed E-state index contributed by atoms with van der Waals surface area (Å²) >= 11 is 0. The summed E-state index contributed by atoms with van der Waals surface area (Å²) in [4.78, 5) is 42.3. The number of Topliss-reactive ketones (excluding diaryl/α,β-unsaturated/α-hetero) is 2. The van der Waals surface area contributed by atoms with Crippen molar-refractivity contribution in [1.29, 1.82) is 0 Å². The molecule has 6 N–H and O–H groups in total. The molecule has 1 amide bonds. The third kappa shape index (κ3) is 3.89. The van der Waals surface area contributed by atoms with Gasteiger partial charge in [-0.25, -0.2) is 4.79 Å². The highest BCUT2D eigenvalue weighted by Crippen LogP contribution is 2.55. The summed E-state index contributed by atoms with van der Waals surface area (Å²) in [5.74, 6) is -1.23. The molecular formula is C22H33N5O7. The summed E-state index contributed by atoms with van der Waals surface area (Å²) in [6, 6.07) is 0.0449. The van der Waals surface area contributed by atoms with Crippen LogP contribution in [0.25, 0.3) is 0 Å². The highest BCUT2D eigenvalue weighted by molar-refractivity contribution is 6.25. The number of amides is 1. The molecule has 2 saturated heterocycles. The van der Waals surface area contributed by atoms with Gasteiger partial charge in [0.2, 0.25) is 11.6 Å². The third-order valence-electron chi connectivity index (χ3n) is 7.21. The van der Waals surface area contributed by atoms with Gasteiger partial charge in [-0.05, 0) is 19.9 Å². The van der Waals surface area contributed by atoms with E-state index in [2.05, 4.69) is 10.6 Å². The molecule has 0 spiro atoms. The summed E-state index contributed by atoms with van der Waals surface area (Å²) in [7, 11) is 1.53. The highest BCUT2D eigenvalue weighted by Gasteiger charge is 2.72. The molecule has 12 nitrogen and oxygen atoms in total. The molecule has 0 aromatic heterocycles. The second-order valence-corrected chi connectivity index (χ2v) is 8.99. The number of primary amides is 1. The molecule has 0 bridgehead atoms. The fraction of sp³-hybridized carbons (Fsp3) is 0.682. The first-order valence-electron chi connectivity index (χ1n) is 11.5. The number of nitrogens with zero attached hydrogens (tertiary/aromatic N) is 2. The Morgan fingerprint density at radius 2 is 1.97 bits per heavy atom. The number of nitrogens with one attached hydrogen (secondary N) is 2. The van der Waals surface area contributed by atoms with Crippen LogP contribution in [0, 0.1) is 5.92 Å². The van der Waals surface area contributed by atoms with Gasteiger partial charge in [-0.2, -0.15) is 0 Å². The normalized spacial score (nSPS) is 29.6. The predicted molar refractivity (Wildman–Crippen MR) is 119 cm³/mol. The van der Waals surface area contributed by atoms with Crippen molar-refractivity contribution in [2.24, 2.45) is 11.7 Å². The number of rotatable bonds is 12. The molecule has 4 rings (SSSR count). The number of nitrogens with two attached hydrogens (primary N) is 1. The maximum Gasteiger partial charge on any atom is 0.404 e. The van der Waals surface area contributed by atoms with E-state index >= 15 is 0 Å². The highest BCUT2D eigenvalue weighted by atomic mass is 16.6. The third-order valence-corrected chi connectivity index (χ3v) is 7.21. The van der Waals surface area contributed by atoms with Gasteiger partial charge in [0, 0.05) is 50.5 Å². The first-order chi connectivity index (χ1) is 16.3. The minimum absolute atomic E-state index is 0.00910. The first-order valence-corrected chi connectivity index (χ1v) is 11.5. The molecule has 0 aromatic rings. The van der Waals surface area contributed by atoms with Crippen LogP contribution in [0.15, 0.2) is 22.5 Å². The van der Waals surface area contributed by atoms with Gasteiger partial charge in [-0.1, -0.05) is 0 Å². The average Bonchev–Trinajstić information content (AvgIpc) is 3.41. The molecule has 3 aliphatic heterocycles. The van der Waals surface area contributed by atoms with Gasteiger partial charge >= 0.3 is 6.09 Å². The van der Waals surface area contributed by atoms with Crippen LogP contribution >= 0.6 is 0 Å². The Labute approximate surface area is 197 Å².